The van der Waals surface area contributed by atoms with Crippen LogP contribution in [0, 0.1) is 11.7 Å². The van der Waals surface area contributed by atoms with Crippen molar-refractivity contribution in [3.63, 3.8) is 0 Å². The molecule has 3 aromatic carbocycles. The van der Waals surface area contributed by atoms with Gasteiger partial charge < -0.3 is 24.4 Å². The third-order valence-corrected chi connectivity index (χ3v) is 6.48. The topological polar surface area (TPSA) is 77.1 Å². The Balaban J connectivity index is 1.62. The molecule has 1 heterocycles. The Bertz CT molecular complexity index is 1230. The van der Waals surface area contributed by atoms with Gasteiger partial charge in [-0.15, -0.1) is 0 Å². The van der Waals surface area contributed by atoms with E-state index in [1.807, 2.05) is 6.07 Å². The van der Waals surface area contributed by atoms with Gasteiger partial charge in [0.05, 0.1) is 27.2 Å². The lowest BCUT2D eigenvalue weighted by molar-refractivity contribution is -0.125. The molecule has 0 aliphatic carbocycles. The molecule has 36 heavy (non-hydrogen) atoms. The van der Waals surface area contributed by atoms with Gasteiger partial charge in [-0.25, -0.2) is 4.39 Å². The monoisotopic (exact) mass is 492 g/mol. The summed E-state index contributed by atoms with van der Waals surface area (Å²) in [6.07, 6.45) is 0. The van der Waals surface area contributed by atoms with Crippen molar-refractivity contribution >= 4 is 11.8 Å². The van der Waals surface area contributed by atoms with E-state index < -0.39 is 5.92 Å². The standard InChI is InChI=1S/C28H29FN2O5/c1-34-21-6-4-5-19(13-21)28(33)31-16-24(23-14-22(35-2)11-12-26(23)36-3)25(17-31)27(32)30-15-18-7-9-20(29)10-8-18/h4-14,24-25H,15-17H2,1-3H3,(H,30,32). The van der Waals surface area contributed by atoms with Gasteiger partial charge in [-0.3, -0.25) is 9.59 Å². The first-order valence-corrected chi connectivity index (χ1v) is 11.6. The van der Waals surface area contributed by atoms with Crippen LogP contribution < -0.4 is 19.5 Å². The van der Waals surface area contributed by atoms with Crippen LogP contribution in [0.25, 0.3) is 0 Å². The van der Waals surface area contributed by atoms with Crippen LogP contribution >= 0.6 is 0 Å². The van der Waals surface area contributed by atoms with Crippen molar-refractivity contribution < 1.29 is 28.2 Å². The summed E-state index contributed by atoms with van der Waals surface area (Å²) in [7, 11) is 4.70. The highest BCUT2D eigenvalue weighted by Gasteiger charge is 2.42. The predicted octanol–water partition coefficient (Wildman–Crippen LogP) is 4.02. The van der Waals surface area contributed by atoms with Gasteiger partial charge in [0.2, 0.25) is 5.91 Å². The third-order valence-electron chi connectivity index (χ3n) is 6.48. The molecule has 7 nitrogen and oxygen atoms in total. The SMILES string of the molecule is COc1cccc(C(=O)N2CC(C(=O)NCc3ccc(F)cc3)C(c3cc(OC)ccc3OC)C2)c1. The van der Waals surface area contributed by atoms with Gasteiger partial charge in [-0.2, -0.15) is 0 Å². The van der Waals surface area contributed by atoms with Crippen molar-refractivity contribution in [2.45, 2.75) is 12.5 Å². The molecule has 0 bridgehead atoms. The molecule has 1 aliphatic rings. The number of hydrogen-bond donors (Lipinski definition) is 1. The Hall–Kier alpha value is -4.07. The van der Waals surface area contributed by atoms with Gasteiger partial charge >= 0.3 is 0 Å². The fraction of sp³-hybridized carbons (Fsp3) is 0.286. The minimum absolute atomic E-state index is 0.186. The number of rotatable bonds is 8. The summed E-state index contributed by atoms with van der Waals surface area (Å²) in [6.45, 7) is 0.811. The maximum Gasteiger partial charge on any atom is 0.254 e. The number of halogens is 1. The summed E-state index contributed by atoms with van der Waals surface area (Å²) in [6, 6.07) is 18.4. The molecular formula is C28H29FN2O5. The Morgan fingerprint density at radius 2 is 1.64 bits per heavy atom. The summed E-state index contributed by atoms with van der Waals surface area (Å²) >= 11 is 0. The molecule has 188 valence electrons. The van der Waals surface area contributed by atoms with E-state index in [1.54, 1.807) is 74.8 Å². The average molecular weight is 493 g/mol. The van der Waals surface area contributed by atoms with Crippen LogP contribution in [0.5, 0.6) is 17.2 Å². The van der Waals surface area contributed by atoms with Gasteiger partial charge in [0.25, 0.3) is 5.91 Å². The molecule has 1 saturated heterocycles. The zero-order valence-corrected chi connectivity index (χ0v) is 20.5. The number of nitrogens with one attached hydrogen (secondary N) is 1. The first kappa shape index (κ1) is 25.0. The van der Waals surface area contributed by atoms with E-state index in [1.165, 1.54) is 12.1 Å². The van der Waals surface area contributed by atoms with Gasteiger partial charge in [0.15, 0.2) is 0 Å². The van der Waals surface area contributed by atoms with Crippen LogP contribution in [0.2, 0.25) is 0 Å². The molecule has 0 spiro atoms. The lowest BCUT2D eigenvalue weighted by Gasteiger charge is -2.21. The molecule has 0 saturated carbocycles. The smallest absolute Gasteiger partial charge is 0.254 e. The van der Waals surface area contributed by atoms with Crippen LogP contribution in [0.15, 0.2) is 66.7 Å². The van der Waals surface area contributed by atoms with Crippen LogP contribution in [0.1, 0.15) is 27.4 Å². The number of likely N-dealkylation sites (tertiary alicyclic amines) is 1. The highest BCUT2D eigenvalue weighted by molar-refractivity contribution is 5.95. The fourth-order valence-electron chi connectivity index (χ4n) is 4.54. The molecule has 0 aromatic heterocycles. The second-order valence-corrected chi connectivity index (χ2v) is 8.61. The molecule has 1 fully saturated rings. The fourth-order valence-corrected chi connectivity index (χ4v) is 4.54. The molecule has 2 amide bonds. The van der Waals surface area contributed by atoms with Crippen LogP contribution in [0.3, 0.4) is 0 Å². The Kier molecular flexibility index (Phi) is 7.73. The second-order valence-electron chi connectivity index (χ2n) is 8.61. The number of nitrogens with zero attached hydrogens (tertiary/aromatic N) is 1. The molecule has 1 N–H and O–H groups in total. The molecule has 3 aromatic rings. The highest BCUT2D eigenvalue weighted by atomic mass is 19.1. The van der Waals surface area contributed by atoms with Crippen molar-refractivity contribution in [2.24, 2.45) is 5.92 Å². The zero-order valence-electron chi connectivity index (χ0n) is 20.5. The molecule has 0 radical (unpaired) electrons. The van der Waals surface area contributed by atoms with E-state index in [-0.39, 0.29) is 36.6 Å². The quantitative estimate of drug-likeness (QED) is 0.514. The van der Waals surface area contributed by atoms with Crippen LogP contribution in [0.4, 0.5) is 4.39 Å². The van der Waals surface area contributed by atoms with Crippen molar-refractivity contribution in [1.29, 1.82) is 0 Å². The minimum Gasteiger partial charge on any atom is -0.497 e. The Morgan fingerprint density at radius 1 is 0.917 bits per heavy atom. The normalized spacial score (nSPS) is 16.9. The molecule has 2 unspecified atom stereocenters. The summed E-state index contributed by atoms with van der Waals surface area (Å²) < 4.78 is 29.5. The molecule has 1 aliphatic heterocycles. The minimum atomic E-state index is -0.527. The maximum atomic E-state index is 13.4. The van der Waals surface area contributed by atoms with Gasteiger partial charge in [0, 0.05) is 36.7 Å². The van der Waals surface area contributed by atoms with Gasteiger partial charge in [0.1, 0.15) is 23.1 Å². The zero-order chi connectivity index (χ0) is 25.7. The number of ether oxygens (including phenoxy) is 3. The van der Waals surface area contributed by atoms with Crippen molar-refractivity contribution in [1.82, 2.24) is 10.2 Å². The number of methoxy groups -OCH3 is 3. The predicted molar refractivity (Wildman–Crippen MR) is 133 cm³/mol. The average Bonchev–Trinajstić information content (AvgIpc) is 3.37. The summed E-state index contributed by atoms with van der Waals surface area (Å²) in [5.74, 6) is 0.266. The number of carbonyl (C=O) groups excluding carboxylic acids is 2. The van der Waals surface area contributed by atoms with E-state index >= 15 is 0 Å². The molecule has 2 atom stereocenters. The first-order valence-electron chi connectivity index (χ1n) is 11.6. The number of benzene rings is 3. The summed E-state index contributed by atoms with van der Waals surface area (Å²) in [5, 5.41) is 2.95. The van der Waals surface area contributed by atoms with E-state index in [0.29, 0.717) is 29.4 Å². The van der Waals surface area contributed by atoms with Crippen molar-refractivity contribution in [3.8, 4) is 17.2 Å². The van der Waals surface area contributed by atoms with Crippen LogP contribution in [-0.4, -0.2) is 51.1 Å². The van der Waals surface area contributed by atoms with E-state index in [0.717, 1.165) is 11.1 Å². The Labute approximate surface area is 209 Å². The van der Waals surface area contributed by atoms with E-state index in [2.05, 4.69) is 5.32 Å². The number of hydrogen-bond acceptors (Lipinski definition) is 5. The van der Waals surface area contributed by atoms with E-state index in [9.17, 15) is 14.0 Å². The summed E-state index contributed by atoms with van der Waals surface area (Å²) in [5.41, 5.74) is 2.06. The third kappa shape index (κ3) is 5.43. The van der Waals surface area contributed by atoms with Gasteiger partial charge in [-0.05, 0) is 54.1 Å². The second kappa shape index (κ2) is 11.1. The van der Waals surface area contributed by atoms with Gasteiger partial charge in [-0.1, -0.05) is 18.2 Å². The van der Waals surface area contributed by atoms with E-state index in [4.69, 9.17) is 14.2 Å². The largest absolute Gasteiger partial charge is 0.497 e. The molecule has 8 heteroatoms. The first-order chi connectivity index (χ1) is 17.4. The maximum absolute atomic E-state index is 13.4. The van der Waals surface area contributed by atoms with Crippen molar-refractivity contribution in [3.05, 3.63) is 89.2 Å². The van der Waals surface area contributed by atoms with Crippen molar-refractivity contribution in [2.75, 3.05) is 34.4 Å². The number of carbonyl (C=O) groups is 2. The molecular weight excluding hydrogens is 463 g/mol. The summed E-state index contributed by atoms with van der Waals surface area (Å²) in [4.78, 5) is 28.5. The highest BCUT2D eigenvalue weighted by Crippen LogP contribution is 2.40. The molecule has 4 rings (SSSR count). The Morgan fingerprint density at radius 3 is 2.33 bits per heavy atom. The van der Waals surface area contributed by atoms with Crippen LogP contribution in [-0.2, 0) is 11.3 Å². The lowest BCUT2D eigenvalue weighted by Crippen LogP contribution is -2.35. The number of amides is 2. The lowest BCUT2D eigenvalue weighted by atomic mass is 9.87.